The molecule has 114 valence electrons. The molecule has 2 aromatic carbocycles. The summed E-state index contributed by atoms with van der Waals surface area (Å²) < 4.78 is 10.6. The van der Waals surface area contributed by atoms with Gasteiger partial charge in [0.05, 0.1) is 0 Å². The van der Waals surface area contributed by atoms with Gasteiger partial charge >= 0.3 is 11.9 Å². The lowest BCUT2D eigenvalue weighted by atomic mass is 9.96. The van der Waals surface area contributed by atoms with Gasteiger partial charge in [-0.2, -0.15) is 0 Å². The van der Waals surface area contributed by atoms with Crippen LogP contribution in [0.15, 0.2) is 42.5 Å². The smallest absolute Gasteiger partial charge is 0.308 e. The second kappa shape index (κ2) is 6.89. The van der Waals surface area contributed by atoms with E-state index in [0.29, 0.717) is 17.9 Å². The molecular weight excluding hydrogens is 280 g/mol. The van der Waals surface area contributed by atoms with Gasteiger partial charge in [0.15, 0.2) is 0 Å². The molecule has 0 saturated carbocycles. The average Bonchev–Trinajstić information content (AvgIpc) is 2.48. The van der Waals surface area contributed by atoms with Gasteiger partial charge in [-0.1, -0.05) is 37.3 Å². The molecule has 0 atom stereocenters. The first-order valence-electron chi connectivity index (χ1n) is 7.11. The van der Waals surface area contributed by atoms with E-state index in [1.54, 1.807) is 12.1 Å². The zero-order chi connectivity index (χ0) is 16.1. The van der Waals surface area contributed by atoms with Crippen LogP contribution in [0.3, 0.4) is 0 Å². The van der Waals surface area contributed by atoms with Gasteiger partial charge in [0.1, 0.15) is 11.5 Å². The Kier molecular flexibility index (Phi) is 4.94. The van der Waals surface area contributed by atoms with E-state index in [4.69, 9.17) is 9.47 Å². The zero-order valence-electron chi connectivity index (χ0n) is 12.9. The molecule has 0 N–H and O–H groups in total. The van der Waals surface area contributed by atoms with Crippen LogP contribution in [0, 0.1) is 0 Å². The maximum absolute atomic E-state index is 11.4. The highest BCUT2D eigenvalue weighted by Gasteiger charge is 2.18. The standard InChI is InChI=1S/C18H18O4/c1-4-15-16(21-12(2)19)10-11-17(22-13(3)20)18(15)14-8-6-5-7-9-14/h5-11H,4H2,1-3H3. The first kappa shape index (κ1) is 15.8. The number of benzene rings is 2. The van der Waals surface area contributed by atoms with Gasteiger partial charge in [0.2, 0.25) is 0 Å². The second-order valence-electron chi connectivity index (χ2n) is 4.82. The van der Waals surface area contributed by atoms with E-state index < -0.39 is 0 Å². The summed E-state index contributed by atoms with van der Waals surface area (Å²) in [6.45, 7) is 4.69. The van der Waals surface area contributed by atoms with Crippen LogP contribution in [0.2, 0.25) is 0 Å². The Morgan fingerprint density at radius 3 is 1.95 bits per heavy atom. The topological polar surface area (TPSA) is 52.6 Å². The summed E-state index contributed by atoms with van der Waals surface area (Å²) in [5, 5.41) is 0. The quantitative estimate of drug-likeness (QED) is 0.637. The number of hydrogen-bond acceptors (Lipinski definition) is 4. The Labute approximate surface area is 129 Å². The summed E-state index contributed by atoms with van der Waals surface area (Å²) in [5.41, 5.74) is 2.52. The van der Waals surface area contributed by atoms with E-state index in [1.165, 1.54) is 13.8 Å². The minimum Gasteiger partial charge on any atom is -0.426 e. The summed E-state index contributed by atoms with van der Waals surface area (Å²) in [6, 6.07) is 12.9. The van der Waals surface area contributed by atoms with Gasteiger partial charge in [0.25, 0.3) is 0 Å². The monoisotopic (exact) mass is 298 g/mol. The molecule has 22 heavy (non-hydrogen) atoms. The van der Waals surface area contributed by atoms with Crippen LogP contribution in [0.1, 0.15) is 26.3 Å². The Bertz CT molecular complexity index is 690. The Balaban J connectivity index is 2.67. The highest BCUT2D eigenvalue weighted by Crippen LogP contribution is 2.39. The van der Waals surface area contributed by atoms with Crippen LogP contribution in [-0.2, 0) is 16.0 Å². The van der Waals surface area contributed by atoms with Crippen molar-refractivity contribution in [2.45, 2.75) is 27.2 Å². The largest absolute Gasteiger partial charge is 0.426 e. The zero-order valence-corrected chi connectivity index (χ0v) is 12.9. The maximum Gasteiger partial charge on any atom is 0.308 e. The van der Waals surface area contributed by atoms with Gasteiger partial charge in [-0.15, -0.1) is 0 Å². The highest BCUT2D eigenvalue weighted by atomic mass is 16.5. The lowest BCUT2D eigenvalue weighted by Gasteiger charge is -2.17. The van der Waals surface area contributed by atoms with Gasteiger partial charge < -0.3 is 9.47 Å². The summed E-state index contributed by atoms with van der Waals surface area (Å²) >= 11 is 0. The van der Waals surface area contributed by atoms with E-state index in [-0.39, 0.29) is 11.9 Å². The number of carbonyl (C=O) groups excluding carboxylic acids is 2. The first-order chi connectivity index (χ1) is 10.5. The Morgan fingerprint density at radius 1 is 0.864 bits per heavy atom. The fourth-order valence-corrected chi connectivity index (χ4v) is 2.37. The van der Waals surface area contributed by atoms with Crippen molar-refractivity contribution in [2.24, 2.45) is 0 Å². The number of ether oxygens (including phenoxy) is 2. The maximum atomic E-state index is 11.4. The molecule has 0 aliphatic carbocycles. The molecule has 2 rings (SSSR count). The number of esters is 2. The molecule has 0 heterocycles. The normalized spacial score (nSPS) is 10.1. The van der Waals surface area contributed by atoms with Crippen molar-refractivity contribution in [1.29, 1.82) is 0 Å². The lowest BCUT2D eigenvalue weighted by Crippen LogP contribution is -2.08. The molecule has 0 amide bonds. The Morgan fingerprint density at radius 2 is 1.41 bits per heavy atom. The van der Waals surface area contributed by atoms with Crippen LogP contribution in [0.25, 0.3) is 11.1 Å². The fraction of sp³-hybridized carbons (Fsp3) is 0.222. The summed E-state index contributed by atoms with van der Waals surface area (Å²) in [5.74, 6) is 0.185. The fourth-order valence-electron chi connectivity index (χ4n) is 2.37. The van der Waals surface area contributed by atoms with Crippen molar-refractivity contribution in [2.75, 3.05) is 0 Å². The lowest BCUT2D eigenvalue weighted by molar-refractivity contribution is -0.133. The molecule has 0 fully saturated rings. The predicted molar refractivity (Wildman–Crippen MR) is 83.9 cm³/mol. The molecule has 4 nitrogen and oxygen atoms in total. The van der Waals surface area contributed by atoms with E-state index >= 15 is 0 Å². The van der Waals surface area contributed by atoms with Crippen molar-refractivity contribution in [3.63, 3.8) is 0 Å². The third kappa shape index (κ3) is 3.52. The van der Waals surface area contributed by atoms with E-state index in [0.717, 1.165) is 16.7 Å². The number of hydrogen-bond donors (Lipinski definition) is 0. The minimum absolute atomic E-state index is 0.381. The molecule has 0 bridgehead atoms. The second-order valence-corrected chi connectivity index (χ2v) is 4.82. The number of carbonyl (C=O) groups is 2. The molecule has 0 unspecified atom stereocenters. The first-order valence-corrected chi connectivity index (χ1v) is 7.11. The van der Waals surface area contributed by atoms with Gasteiger partial charge in [-0.3, -0.25) is 9.59 Å². The van der Waals surface area contributed by atoms with Crippen LogP contribution in [0.4, 0.5) is 0 Å². The predicted octanol–water partition coefficient (Wildman–Crippen LogP) is 3.77. The average molecular weight is 298 g/mol. The summed E-state index contributed by atoms with van der Waals surface area (Å²) in [4.78, 5) is 22.6. The highest BCUT2D eigenvalue weighted by molar-refractivity contribution is 5.81. The van der Waals surface area contributed by atoms with Gasteiger partial charge in [-0.05, 0) is 24.1 Å². The van der Waals surface area contributed by atoms with Crippen molar-refractivity contribution in [3.8, 4) is 22.6 Å². The van der Waals surface area contributed by atoms with Crippen molar-refractivity contribution < 1.29 is 19.1 Å². The molecule has 0 aromatic heterocycles. The summed E-state index contributed by atoms with van der Waals surface area (Å²) in [7, 11) is 0. The molecule has 0 spiro atoms. The minimum atomic E-state index is -0.389. The molecule has 0 aliphatic heterocycles. The van der Waals surface area contributed by atoms with Crippen molar-refractivity contribution >= 4 is 11.9 Å². The van der Waals surface area contributed by atoms with Crippen LogP contribution >= 0.6 is 0 Å². The third-order valence-corrected chi connectivity index (χ3v) is 3.16. The van der Waals surface area contributed by atoms with E-state index in [9.17, 15) is 9.59 Å². The Hall–Kier alpha value is -2.62. The van der Waals surface area contributed by atoms with E-state index in [2.05, 4.69) is 0 Å². The molecule has 4 heteroatoms. The summed E-state index contributed by atoms with van der Waals surface area (Å²) in [6.07, 6.45) is 0.641. The third-order valence-electron chi connectivity index (χ3n) is 3.16. The van der Waals surface area contributed by atoms with Gasteiger partial charge in [-0.25, -0.2) is 0 Å². The van der Waals surface area contributed by atoms with Crippen molar-refractivity contribution in [1.82, 2.24) is 0 Å². The molecule has 0 radical (unpaired) electrons. The number of rotatable bonds is 4. The van der Waals surface area contributed by atoms with E-state index in [1.807, 2.05) is 37.3 Å². The molecule has 0 aliphatic rings. The van der Waals surface area contributed by atoms with Gasteiger partial charge in [0, 0.05) is 25.0 Å². The van der Waals surface area contributed by atoms with Crippen molar-refractivity contribution in [3.05, 3.63) is 48.0 Å². The molecular formula is C18H18O4. The van der Waals surface area contributed by atoms with Crippen LogP contribution in [0.5, 0.6) is 11.5 Å². The van der Waals surface area contributed by atoms with Crippen LogP contribution < -0.4 is 9.47 Å². The molecule has 2 aromatic rings. The molecule has 0 saturated heterocycles. The van der Waals surface area contributed by atoms with Crippen LogP contribution in [-0.4, -0.2) is 11.9 Å². The SMILES string of the molecule is CCc1c(OC(C)=O)ccc(OC(C)=O)c1-c1ccccc1.